The van der Waals surface area contributed by atoms with Crippen LogP contribution in [0.5, 0.6) is 5.75 Å². The second kappa shape index (κ2) is 8.46. The molecular formula is C15H25O4P. The molecule has 4 nitrogen and oxygen atoms in total. The predicted octanol–water partition coefficient (Wildman–Crippen LogP) is 4.63. The molecule has 0 heterocycles. The number of ether oxygens (including phenoxy) is 1. The lowest BCUT2D eigenvalue weighted by atomic mass is 10.2. The van der Waals surface area contributed by atoms with Gasteiger partial charge in [0.15, 0.2) is 0 Å². The average Bonchev–Trinajstić information content (AvgIpc) is 2.41. The van der Waals surface area contributed by atoms with Crippen LogP contribution in [-0.4, -0.2) is 19.3 Å². The molecule has 0 aliphatic rings. The molecule has 1 aromatic rings. The molecule has 1 aromatic carbocycles. The van der Waals surface area contributed by atoms with E-state index in [9.17, 15) is 4.57 Å². The molecule has 0 fully saturated rings. The van der Waals surface area contributed by atoms with E-state index in [1.54, 1.807) is 0 Å². The molecule has 0 N–H and O–H groups in total. The Labute approximate surface area is 122 Å². The van der Waals surface area contributed by atoms with Crippen molar-refractivity contribution < 1.29 is 18.3 Å². The molecule has 0 saturated carbocycles. The van der Waals surface area contributed by atoms with Gasteiger partial charge in [0.1, 0.15) is 5.75 Å². The van der Waals surface area contributed by atoms with Crippen LogP contribution >= 0.6 is 7.60 Å². The maximum Gasteiger partial charge on any atom is 0.335 e. The van der Waals surface area contributed by atoms with Crippen molar-refractivity contribution in [3.05, 3.63) is 29.8 Å². The van der Waals surface area contributed by atoms with Gasteiger partial charge in [0.25, 0.3) is 0 Å². The van der Waals surface area contributed by atoms with Gasteiger partial charge < -0.3 is 13.8 Å². The molecule has 0 bridgehead atoms. The van der Waals surface area contributed by atoms with E-state index in [1.165, 1.54) is 0 Å². The first kappa shape index (κ1) is 17.2. The van der Waals surface area contributed by atoms with Crippen molar-refractivity contribution in [2.24, 2.45) is 0 Å². The molecule has 1 unspecified atom stereocenters. The maximum absolute atomic E-state index is 12.4. The Hall–Kier alpha value is -0.830. The highest BCUT2D eigenvalue weighted by atomic mass is 31.2. The molecule has 0 aliphatic carbocycles. The first-order valence-corrected chi connectivity index (χ1v) is 8.89. The molecule has 5 heteroatoms. The van der Waals surface area contributed by atoms with Crippen molar-refractivity contribution in [2.75, 3.05) is 13.2 Å². The van der Waals surface area contributed by atoms with Crippen LogP contribution in [0.4, 0.5) is 0 Å². The third kappa shape index (κ3) is 5.66. The minimum atomic E-state index is -3.03. The highest BCUT2D eigenvalue weighted by Gasteiger charge is 2.23. The summed E-state index contributed by atoms with van der Waals surface area (Å²) in [6, 6.07) is 7.60. The molecule has 0 spiro atoms. The zero-order chi connectivity index (χ0) is 15.0. The van der Waals surface area contributed by atoms with Crippen LogP contribution in [0.15, 0.2) is 24.3 Å². The normalized spacial score (nSPS) is 13.2. The summed E-state index contributed by atoms with van der Waals surface area (Å²) < 4.78 is 28.7. The molecule has 0 aromatic heterocycles. The van der Waals surface area contributed by atoms with Crippen molar-refractivity contribution in [2.45, 2.75) is 46.4 Å². The minimum Gasteiger partial charge on any atom is -0.491 e. The van der Waals surface area contributed by atoms with Crippen LogP contribution in [0.3, 0.4) is 0 Å². The van der Waals surface area contributed by atoms with E-state index in [0.717, 1.165) is 17.7 Å². The SMILES string of the molecule is CCOP(=O)(Cc1ccc(OC(C)CC)cc1)OCC. The Kier molecular flexibility index (Phi) is 7.28. The van der Waals surface area contributed by atoms with Crippen LogP contribution in [0.2, 0.25) is 0 Å². The summed E-state index contributed by atoms with van der Waals surface area (Å²) in [5.74, 6) is 0.825. The molecule has 1 rings (SSSR count). The average molecular weight is 300 g/mol. The highest BCUT2D eigenvalue weighted by Crippen LogP contribution is 2.51. The standard InChI is InChI=1S/C15H25O4P/c1-5-13(4)19-15-10-8-14(9-11-15)12-20(16,17-6-2)18-7-3/h8-11,13H,5-7,12H2,1-4H3. The van der Waals surface area contributed by atoms with Gasteiger partial charge in [-0.2, -0.15) is 0 Å². The summed E-state index contributed by atoms with van der Waals surface area (Å²) in [5, 5.41) is 0. The van der Waals surface area contributed by atoms with Gasteiger partial charge in [-0.15, -0.1) is 0 Å². The molecular weight excluding hydrogens is 275 g/mol. The summed E-state index contributed by atoms with van der Waals surface area (Å²) in [6.07, 6.45) is 1.45. The van der Waals surface area contributed by atoms with Crippen LogP contribution in [0.1, 0.15) is 39.7 Å². The van der Waals surface area contributed by atoms with Crippen LogP contribution in [0.25, 0.3) is 0 Å². The van der Waals surface area contributed by atoms with E-state index in [1.807, 2.05) is 45.0 Å². The summed E-state index contributed by atoms with van der Waals surface area (Å²) in [4.78, 5) is 0. The van der Waals surface area contributed by atoms with Crippen molar-refractivity contribution in [1.82, 2.24) is 0 Å². The topological polar surface area (TPSA) is 44.8 Å². The van der Waals surface area contributed by atoms with Crippen molar-refractivity contribution in [3.8, 4) is 5.75 Å². The molecule has 114 valence electrons. The Bertz CT molecular complexity index is 420. The Morgan fingerprint density at radius 2 is 1.60 bits per heavy atom. The zero-order valence-electron chi connectivity index (χ0n) is 12.8. The van der Waals surface area contributed by atoms with Gasteiger partial charge in [-0.3, -0.25) is 4.57 Å². The van der Waals surface area contributed by atoms with E-state index in [4.69, 9.17) is 13.8 Å². The van der Waals surface area contributed by atoms with Crippen LogP contribution in [0, 0.1) is 0 Å². The van der Waals surface area contributed by atoms with Crippen molar-refractivity contribution in [3.63, 3.8) is 0 Å². The van der Waals surface area contributed by atoms with Crippen molar-refractivity contribution in [1.29, 1.82) is 0 Å². The van der Waals surface area contributed by atoms with Gasteiger partial charge >= 0.3 is 7.60 Å². The lowest BCUT2D eigenvalue weighted by Gasteiger charge is -2.17. The van der Waals surface area contributed by atoms with E-state index < -0.39 is 7.60 Å². The summed E-state index contributed by atoms with van der Waals surface area (Å²) >= 11 is 0. The van der Waals surface area contributed by atoms with E-state index in [-0.39, 0.29) is 12.3 Å². The summed E-state index contributed by atoms with van der Waals surface area (Å²) in [6.45, 7) is 8.51. The number of hydrogen-bond donors (Lipinski definition) is 0. The van der Waals surface area contributed by atoms with Crippen molar-refractivity contribution >= 4 is 7.60 Å². The van der Waals surface area contributed by atoms with E-state index >= 15 is 0 Å². The predicted molar refractivity (Wildman–Crippen MR) is 81.4 cm³/mol. The lowest BCUT2D eigenvalue weighted by molar-refractivity contribution is 0.216. The van der Waals surface area contributed by atoms with E-state index in [0.29, 0.717) is 13.2 Å². The van der Waals surface area contributed by atoms with Gasteiger partial charge in [-0.25, -0.2) is 0 Å². The van der Waals surface area contributed by atoms with E-state index in [2.05, 4.69) is 6.92 Å². The molecule has 1 atom stereocenters. The number of rotatable bonds is 9. The number of hydrogen-bond acceptors (Lipinski definition) is 4. The largest absolute Gasteiger partial charge is 0.491 e. The fourth-order valence-corrected chi connectivity index (χ4v) is 3.44. The lowest BCUT2D eigenvalue weighted by Crippen LogP contribution is -2.09. The molecule has 20 heavy (non-hydrogen) atoms. The zero-order valence-corrected chi connectivity index (χ0v) is 13.7. The van der Waals surface area contributed by atoms with Crippen LogP contribution in [-0.2, 0) is 19.8 Å². The summed E-state index contributed by atoms with van der Waals surface area (Å²) in [5.41, 5.74) is 0.923. The highest BCUT2D eigenvalue weighted by molar-refractivity contribution is 7.53. The summed E-state index contributed by atoms with van der Waals surface area (Å²) in [7, 11) is -3.03. The van der Waals surface area contributed by atoms with Crippen LogP contribution < -0.4 is 4.74 Å². The maximum atomic E-state index is 12.4. The quantitative estimate of drug-likeness (QED) is 0.624. The Morgan fingerprint density at radius 3 is 2.05 bits per heavy atom. The fourth-order valence-electron chi connectivity index (χ4n) is 1.73. The second-order valence-electron chi connectivity index (χ2n) is 4.59. The minimum absolute atomic E-state index is 0.193. The third-order valence-electron chi connectivity index (χ3n) is 2.86. The molecule has 0 amide bonds. The van der Waals surface area contributed by atoms with Gasteiger partial charge in [0.05, 0.1) is 25.5 Å². The third-order valence-corrected chi connectivity index (χ3v) is 4.92. The molecule has 0 aliphatic heterocycles. The first-order chi connectivity index (χ1) is 9.53. The molecule has 0 radical (unpaired) electrons. The van der Waals surface area contributed by atoms with Gasteiger partial charge in [-0.1, -0.05) is 19.1 Å². The Morgan fingerprint density at radius 1 is 1.05 bits per heavy atom. The first-order valence-electron chi connectivity index (χ1n) is 7.16. The fraction of sp³-hybridized carbons (Fsp3) is 0.600. The van der Waals surface area contributed by atoms with Gasteiger partial charge in [-0.05, 0) is 44.9 Å². The number of benzene rings is 1. The van der Waals surface area contributed by atoms with Gasteiger partial charge in [0, 0.05) is 0 Å². The van der Waals surface area contributed by atoms with Gasteiger partial charge in [0.2, 0.25) is 0 Å². The molecule has 0 saturated heterocycles. The monoisotopic (exact) mass is 300 g/mol. The Balaban J connectivity index is 2.70. The second-order valence-corrected chi connectivity index (χ2v) is 6.64. The smallest absolute Gasteiger partial charge is 0.335 e.